The summed E-state index contributed by atoms with van der Waals surface area (Å²) in [5.41, 5.74) is 2.22. The first-order chi connectivity index (χ1) is 12.8. The zero-order chi connectivity index (χ0) is 19.7. The van der Waals surface area contributed by atoms with Crippen molar-refractivity contribution in [3.8, 4) is 16.6 Å². The molecule has 3 rings (SSSR count). The third-order valence-corrected chi connectivity index (χ3v) is 5.01. The van der Waals surface area contributed by atoms with Crippen LogP contribution in [-0.4, -0.2) is 38.1 Å². The number of nitrogens with zero attached hydrogens (tertiary/aromatic N) is 2. The van der Waals surface area contributed by atoms with Gasteiger partial charge in [0.15, 0.2) is 23.2 Å². The van der Waals surface area contributed by atoms with Gasteiger partial charge in [-0.05, 0) is 38.5 Å². The van der Waals surface area contributed by atoms with Crippen LogP contribution in [0.15, 0.2) is 29.8 Å². The average molecular weight is 386 g/mol. The number of carbonyl (C=O) groups excluding carboxylic acids is 2. The second kappa shape index (κ2) is 7.24. The summed E-state index contributed by atoms with van der Waals surface area (Å²) in [6, 6.07) is 4.54. The normalized spacial score (nSPS) is 10.8. The Hall–Kier alpha value is -3.13. The maximum absolute atomic E-state index is 12.5. The van der Waals surface area contributed by atoms with Gasteiger partial charge in [0.05, 0.1) is 0 Å². The molecule has 3 aromatic rings. The molecule has 0 unspecified atom stereocenters. The first-order valence-electron chi connectivity index (χ1n) is 8.12. The number of ketones is 1. The van der Waals surface area contributed by atoms with Crippen molar-refractivity contribution in [1.82, 2.24) is 9.55 Å². The molecular formula is C19H18N2O5S. The van der Waals surface area contributed by atoms with Gasteiger partial charge in [0.2, 0.25) is 5.78 Å². The lowest BCUT2D eigenvalue weighted by atomic mass is 10.1. The van der Waals surface area contributed by atoms with Gasteiger partial charge in [0.1, 0.15) is 5.56 Å². The average Bonchev–Trinajstić information content (AvgIpc) is 3.25. The molecule has 0 spiro atoms. The van der Waals surface area contributed by atoms with Gasteiger partial charge in [-0.3, -0.25) is 9.36 Å². The minimum Gasteiger partial charge on any atom is -0.504 e. The summed E-state index contributed by atoms with van der Waals surface area (Å²) in [6.07, 6.45) is 1.69. The molecule has 0 saturated carbocycles. The maximum Gasteiger partial charge on any atom is 0.342 e. The number of rotatable bonds is 5. The van der Waals surface area contributed by atoms with Crippen LogP contribution in [0.25, 0.3) is 5.13 Å². The predicted molar refractivity (Wildman–Crippen MR) is 100 cm³/mol. The number of benzene rings is 1. The third kappa shape index (κ3) is 3.43. The van der Waals surface area contributed by atoms with Crippen LogP contribution < -0.4 is 0 Å². The first-order valence-corrected chi connectivity index (χ1v) is 9.00. The van der Waals surface area contributed by atoms with Crippen LogP contribution in [0.1, 0.15) is 37.7 Å². The lowest BCUT2D eigenvalue weighted by Gasteiger charge is -2.09. The topological polar surface area (TPSA) is 102 Å². The van der Waals surface area contributed by atoms with E-state index in [1.54, 1.807) is 26.1 Å². The molecule has 2 aromatic heterocycles. The van der Waals surface area contributed by atoms with Crippen molar-refractivity contribution in [2.45, 2.75) is 20.8 Å². The summed E-state index contributed by atoms with van der Waals surface area (Å²) in [5, 5.41) is 22.2. The Bertz CT molecular complexity index is 1020. The van der Waals surface area contributed by atoms with Crippen LogP contribution in [0.3, 0.4) is 0 Å². The highest BCUT2D eigenvalue weighted by Crippen LogP contribution is 2.32. The molecule has 140 valence electrons. The van der Waals surface area contributed by atoms with E-state index in [0.717, 1.165) is 10.8 Å². The number of phenols is 2. The van der Waals surface area contributed by atoms with E-state index in [9.17, 15) is 19.8 Å². The fourth-order valence-corrected chi connectivity index (χ4v) is 3.55. The smallest absolute Gasteiger partial charge is 0.342 e. The summed E-state index contributed by atoms with van der Waals surface area (Å²) in [4.78, 5) is 28.9. The van der Waals surface area contributed by atoms with Crippen molar-refractivity contribution in [2.75, 3.05) is 6.61 Å². The molecule has 0 aliphatic carbocycles. The van der Waals surface area contributed by atoms with E-state index in [4.69, 9.17) is 4.74 Å². The molecule has 0 atom stereocenters. The standard InChI is InChI=1S/C19H18N2O5S/c1-10-4-5-13(17(24)16(10)23)18(25)26-9-15(22)14-8-11(2)21(12(14)3)19-20-6-7-27-19/h4-8,23-24H,9H2,1-3H3. The second-order valence-corrected chi connectivity index (χ2v) is 6.93. The van der Waals surface area contributed by atoms with Gasteiger partial charge >= 0.3 is 5.97 Å². The van der Waals surface area contributed by atoms with Gasteiger partial charge in [-0.2, -0.15) is 0 Å². The van der Waals surface area contributed by atoms with Crippen molar-refractivity contribution < 1.29 is 24.5 Å². The molecule has 1 aromatic carbocycles. The molecule has 2 N–H and O–H groups in total. The van der Waals surface area contributed by atoms with Gasteiger partial charge in [-0.25, -0.2) is 9.78 Å². The molecule has 8 heteroatoms. The monoisotopic (exact) mass is 386 g/mol. The van der Waals surface area contributed by atoms with Crippen LogP contribution in [0, 0.1) is 20.8 Å². The van der Waals surface area contributed by atoms with Gasteiger partial charge in [-0.15, -0.1) is 11.3 Å². The minimum absolute atomic E-state index is 0.195. The quantitative estimate of drug-likeness (QED) is 0.396. The van der Waals surface area contributed by atoms with Crippen molar-refractivity contribution in [2.24, 2.45) is 0 Å². The summed E-state index contributed by atoms with van der Waals surface area (Å²) in [6.45, 7) is 4.78. The molecule has 0 amide bonds. The van der Waals surface area contributed by atoms with E-state index in [1.807, 2.05) is 16.9 Å². The molecule has 0 radical (unpaired) electrons. The Kier molecular flexibility index (Phi) is 5.00. The highest BCUT2D eigenvalue weighted by atomic mass is 32.1. The molecule has 0 bridgehead atoms. The number of esters is 1. The lowest BCUT2D eigenvalue weighted by molar-refractivity contribution is 0.0471. The van der Waals surface area contributed by atoms with E-state index < -0.39 is 18.3 Å². The Morgan fingerprint density at radius 2 is 1.89 bits per heavy atom. The predicted octanol–water partition coefficient (Wildman–Crippen LogP) is 3.31. The third-order valence-electron chi connectivity index (χ3n) is 4.25. The molecule has 0 aliphatic rings. The highest BCUT2D eigenvalue weighted by Gasteiger charge is 2.21. The van der Waals surface area contributed by atoms with Gasteiger partial charge in [0, 0.05) is 28.5 Å². The van der Waals surface area contributed by atoms with Crippen LogP contribution in [0.5, 0.6) is 11.5 Å². The Balaban J connectivity index is 1.76. The summed E-state index contributed by atoms with van der Waals surface area (Å²) < 4.78 is 6.90. The molecule has 0 saturated heterocycles. The first kappa shape index (κ1) is 18.7. The van der Waals surface area contributed by atoms with E-state index in [0.29, 0.717) is 16.8 Å². The number of ether oxygens (including phenoxy) is 1. The largest absolute Gasteiger partial charge is 0.504 e. The van der Waals surface area contributed by atoms with E-state index in [2.05, 4.69) is 4.98 Å². The number of phenolic OH excluding ortho intramolecular Hbond substituents is 2. The Morgan fingerprint density at radius 3 is 2.56 bits per heavy atom. The number of hydrogen-bond donors (Lipinski definition) is 2. The number of hydrogen-bond acceptors (Lipinski definition) is 7. The Morgan fingerprint density at radius 1 is 1.15 bits per heavy atom. The zero-order valence-corrected chi connectivity index (χ0v) is 15.8. The zero-order valence-electron chi connectivity index (χ0n) is 15.0. The number of thiazole rings is 1. The van der Waals surface area contributed by atoms with Crippen LogP contribution >= 0.6 is 11.3 Å². The number of carbonyl (C=O) groups is 2. The molecule has 0 fully saturated rings. The van der Waals surface area contributed by atoms with Crippen molar-refractivity contribution >= 4 is 23.1 Å². The summed E-state index contributed by atoms with van der Waals surface area (Å²) >= 11 is 1.45. The highest BCUT2D eigenvalue weighted by molar-refractivity contribution is 7.12. The van der Waals surface area contributed by atoms with Crippen LogP contribution in [-0.2, 0) is 4.74 Å². The molecule has 2 heterocycles. The SMILES string of the molecule is Cc1ccc(C(=O)OCC(=O)c2cc(C)n(-c3nccs3)c2C)c(O)c1O. The fourth-order valence-electron chi connectivity index (χ4n) is 2.80. The van der Waals surface area contributed by atoms with Gasteiger partial charge in [-0.1, -0.05) is 6.07 Å². The molecular weight excluding hydrogens is 368 g/mol. The molecule has 0 aliphatic heterocycles. The van der Waals surface area contributed by atoms with Crippen molar-refractivity contribution in [3.63, 3.8) is 0 Å². The number of Topliss-reactive ketones (excluding diaryl/α,β-unsaturated/α-hetero) is 1. The maximum atomic E-state index is 12.5. The molecule has 7 nitrogen and oxygen atoms in total. The van der Waals surface area contributed by atoms with Gasteiger partial charge < -0.3 is 14.9 Å². The van der Waals surface area contributed by atoms with Gasteiger partial charge in [0.25, 0.3) is 0 Å². The number of aryl methyl sites for hydroxylation is 2. The van der Waals surface area contributed by atoms with Crippen molar-refractivity contribution in [3.05, 3.63) is 57.9 Å². The van der Waals surface area contributed by atoms with E-state index in [-0.39, 0.29) is 17.1 Å². The fraction of sp³-hybridized carbons (Fsp3) is 0.211. The number of aromatic nitrogens is 2. The summed E-state index contributed by atoms with van der Waals surface area (Å²) in [7, 11) is 0. The van der Waals surface area contributed by atoms with Crippen LogP contribution in [0.4, 0.5) is 0 Å². The van der Waals surface area contributed by atoms with Crippen LogP contribution in [0.2, 0.25) is 0 Å². The van der Waals surface area contributed by atoms with E-state index >= 15 is 0 Å². The number of aromatic hydroxyl groups is 2. The summed E-state index contributed by atoms with van der Waals surface area (Å²) in [5.74, 6) is -2.20. The minimum atomic E-state index is -0.884. The van der Waals surface area contributed by atoms with E-state index in [1.165, 1.54) is 23.5 Å². The lowest BCUT2D eigenvalue weighted by Crippen LogP contribution is -2.15. The second-order valence-electron chi connectivity index (χ2n) is 6.06. The van der Waals surface area contributed by atoms with Crippen molar-refractivity contribution in [1.29, 1.82) is 0 Å². The molecule has 27 heavy (non-hydrogen) atoms. The Labute approximate surface area is 159 Å².